The van der Waals surface area contributed by atoms with E-state index in [2.05, 4.69) is 27.8 Å². The molecular weight excluding hydrogens is 254 g/mol. The number of carbonyl (C=O) groups excluding carboxylic acids is 1. The Bertz CT molecular complexity index is 236. The van der Waals surface area contributed by atoms with Gasteiger partial charge in [-0.3, -0.25) is 4.79 Å². The molecule has 1 saturated carbocycles. The van der Waals surface area contributed by atoms with Crippen LogP contribution in [0.1, 0.15) is 39.0 Å². The molecule has 1 aliphatic carbocycles. The van der Waals surface area contributed by atoms with E-state index in [0.717, 1.165) is 32.4 Å². The maximum absolute atomic E-state index is 12.2. The van der Waals surface area contributed by atoms with Crippen LogP contribution in [0.25, 0.3) is 0 Å². The van der Waals surface area contributed by atoms with Gasteiger partial charge in [0.2, 0.25) is 5.91 Å². The van der Waals surface area contributed by atoms with Crippen molar-refractivity contribution in [3.05, 3.63) is 0 Å². The molecule has 86 valence electrons. The van der Waals surface area contributed by atoms with E-state index >= 15 is 0 Å². The minimum absolute atomic E-state index is 0.330. The van der Waals surface area contributed by atoms with Gasteiger partial charge in [-0.15, -0.1) is 0 Å². The van der Waals surface area contributed by atoms with Crippen LogP contribution in [0, 0.1) is 11.8 Å². The summed E-state index contributed by atoms with van der Waals surface area (Å²) in [6.07, 6.45) is 5.84. The number of likely N-dealkylation sites (tertiary alicyclic amines) is 1. The molecule has 15 heavy (non-hydrogen) atoms. The normalized spacial score (nSPS) is 33.3. The molecule has 1 saturated heterocycles. The van der Waals surface area contributed by atoms with Crippen LogP contribution in [0.15, 0.2) is 0 Å². The highest BCUT2D eigenvalue weighted by molar-refractivity contribution is 9.09. The van der Waals surface area contributed by atoms with Crippen LogP contribution >= 0.6 is 15.9 Å². The van der Waals surface area contributed by atoms with Gasteiger partial charge in [-0.1, -0.05) is 29.3 Å². The largest absolute Gasteiger partial charge is 0.342 e. The summed E-state index contributed by atoms with van der Waals surface area (Å²) in [5, 5.41) is 0. The highest BCUT2D eigenvalue weighted by Crippen LogP contribution is 2.33. The first-order chi connectivity index (χ1) is 7.18. The summed E-state index contributed by atoms with van der Waals surface area (Å²) in [7, 11) is 0. The Balaban J connectivity index is 1.90. The molecule has 2 aliphatic rings. The summed E-state index contributed by atoms with van der Waals surface area (Å²) < 4.78 is 0. The van der Waals surface area contributed by atoms with Crippen molar-refractivity contribution in [1.82, 2.24) is 4.90 Å². The minimum Gasteiger partial charge on any atom is -0.342 e. The van der Waals surface area contributed by atoms with Crippen molar-refractivity contribution < 1.29 is 4.79 Å². The topological polar surface area (TPSA) is 20.3 Å². The van der Waals surface area contributed by atoms with Gasteiger partial charge < -0.3 is 4.90 Å². The molecule has 2 atom stereocenters. The number of hydrogen-bond acceptors (Lipinski definition) is 1. The lowest BCUT2D eigenvalue weighted by Gasteiger charge is -2.32. The zero-order chi connectivity index (χ0) is 10.8. The lowest BCUT2D eigenvalue weighted by Crippen LogP contribution is -2.42. The van der Waals surface area contributed by atoms with Crippen molar-refractivity contribution in [2.75, 3.05) is 13.1 Å². The van der Waals surface area contributed by atoms with Gasteiger partial charge in [0, 0.05) is 23.8 Å². The van der Waals surface area contributed by atoms with Crippen molar-refractivity contribution in [2.24, 2.45) is 11.8 Å². The van der Waals surface area contributed by atoms with Gasteiger partial charge in [0.05, 0.1) is 0 Å². The molecule has 0 aromatic carbocycles. The lowest BCUT2D eigenvalue weighted by molar-refractivity contribution is -0.137. The zero-order valence-electron chi connectivity index (χ0n) is 9.42. The molecule has 0 bridgehead atoms. The Morgan fingerprint density at radius 3 is 2.40 bits per heavy atom. The Morgan fingerprint density at radius 2 is 1.87 bits per heavy atom. The van der Waals surface area contributed by atoms with E-state index < -0.39 is 0 Å². The lowest BCUT2D eigenvalue weighted by atomic mass is 9.95. The number of carbonyl (C=O) groups is 1. The van der Waals surface area contributed by atoms with E-state index in [9.17, 15) is 4.79 Å². The molecule has 1 heterocycles. The SMILES string of the molecule is CC1CCCC1C(=O)N1CCC(Br)CC1. The number of nitrogens with zero attached hydrogens (tertiary/aromatic N) is 1. The number of halogens is 1. The predicted octanol–water partition coefficient (Wildman–Crippen LogP) is 2.81. The van der Waals surface area contributed by atoms with Gasteiger partial charge in [0.1, 0.15) is 0 Å². The second-order valence-electron chi connectivity index (χ2n) is 5.01. The summed E-state index contributed by atoms with van der Waals surface area (Å²) >= 11 is 3.62. The molecular formula is C12H20BrNO. The Kier molecular flexibility index (Phi) is 3.70. The van der Waals surface area contributed by atoms with Crippen molar-refractivity contribution >= 4 is 21.8 Å². The summed E-state index contributed by atoms with van der Waals surface area (Å²) in [5.74, 6) is 1.37. The van der Waals surface area contributed by atoms with Crippen molar-refractivity contribution in [2.45, 2.75) is 43.9 Å². The zero-order valence-corrected chi connectivity index (χ0v) is 11.0. The molecule has 2 fully saturated rings. The fourth-order valence-corrected chi connectivity index (χ4v) is 3.22. The molecule has 0 radical (unpaired) electrons. The van der Waals surface area contributed by atoms with E-state index in [1.165, 1.54) is 12.8 Å². The molecule has 2 rings (SSSR count). The van der Waals surface area contributed by atoms with Crippen LogP contribution in [-0.4, -0.2) is 28.7 Å². The molecule has 2 unspecified atom stereocenters. The molecule has 0 spiro atoms. The predicted molar refractivity (Wildman–Crippen MR) is 65.0 cm³/mol. The first kappa shape index (κ1) is 11.4. The third-order valence-corrected chi connectivity index (χ3v) is 4.83. The van der Waals surface area contributed by atoms with Crippen molar-refractivity contribution in [1.29, 1.82) is 0 Å². The monoisotopic (exact) mass is 273 g/mol. The fourth-order valence-electron chi connectivity index (χ4n) is 2.82. The maximum atomic E-state index is 12.2. The average Bonchev–Trinajstić information content (AvgIpc) is 2.65. The van der Waals surface area contributed by atoms with Crippen LogP contribution in [-0.2, 0) is 4.79 Å². The van der Waals surface area contributed by atoms with Crippen LogP contribution < -0.4 is 0 Å². The highest BCUT2D eigenvalue weighted by Gasteiger charge is 2.33. The van der Waals surface area contributed by atoms with E-state index in [4.69, 9.17) is 0 Å². The average molecular weight is 274 g/mol. The standard InChI is InChI=1S/C12H20BrNO/c1-9-3-2-4-11(9)12(15)14-7-5-10(13)6-8-14/h9-11H,2-8H2,1H3. The van der Waals surface area contributed by atoms with Crippen LogP contribution in [0.3, 0.4) is 0 Å². The summed E-state index contributed by atoms with van der Waals surface area (Å²) in [6.45, 7) is 4.14. The Morgan fingerprint density at radius 1 is 1.20 bits per heavy atom. The molecule has 0 aromatic rings. The number of alkyl halides is 1. The number of rotatable bonds is 1. The quantitative estimate of drug-likeness (QED) is 0.673. The molecule has 1 amide bonds. The van der Waals surface area contributed by atoms with Gasteiger partial charge in [-0.05, 0) is 31.6 Å². The fraction of sp³-hybridized carbons (Fsp3) is 0.917. The second kappa shape index (κ2) is 4.86. The number of amides is 1. The molecule has 0 aromatic heterocycles. The number of hydrogen-bond donors (Lipinski definition) is 0. The summed E-state index contributed by atoms with van der Waals surface area (Å²) in [6, 6.07) is 0. The van der Waals surface area contributed by atoms with Gasteiger partial charge in [-0.25, -0.2) is 0 Å². The van der Waals surface area contributed by atoms with Crippen LogP contribution in [0.2, 0.25) is 0 Å². The third kappa shape index (κ3) is 2.55. The maximum Gasteiger partial charge on any atom is 0.225 e. The summed E-state index contributed by atoms with van der Waals surface area (Å²) in [4.78, 5) is 14.9. The second-order valence-corrected chi connectivity index (χ2v) is 6.31. The van der Waals surface area contributed by atoms with Crippen molar-refractivity contribution in [3.63, 3.8) is 0 Å². The van der Waals surface area contributed by atoms with E-state index in [1.54, 1.807) is 0 Å². The van der Waals surface area contributed by atoms with E-state index in [-0.39, 0.29) is 0 Å². The molecule has 1 aliphatic heterocycles. The van der Waals surface area contributed by atoms with E-state index in [1.807, 2.05) is 0 Å². The minimum atomic E-state index is 0.330. The Hall–Kier alpha value is -0.0500. The summed E-state index contributed by atoms with van der Waals surface area (Å²) in [5.41, 5.74) is 0. The first-order valence-corrected chi connectivity index (χ1v) is 7.03. The smallest absolute Gasteiger partial charge is 0.225 e. The van der Waals surface area contributed by atoms with Gasteiger partial charge >= 0.3 is 0 Å². The van der Waals surface area contributed by atoms with Gasteiger partial charge in [0.15, 0.2) is 0 Å². The van der Waals surface area contributed by atoms with Gasteiger partial charge in [-0.2, -0.15) is 0 Å². The van der Waals surface area contributed by atoms with Crippen LogP contribution in [0.5, 0.6) is 0 Å². The van der Waals surface area contributed by atoms with E-state index in [0.29, 0.717) is 22.6 Å². The molecule has 0 N–H and O–H groups in total. The molecule has 2 nitrogen and oxygen atoms in total. The highest BCUT2D eigenvalue weighted by atomic mass is 79.9. The Labute approximate surface area is 101 Å². The third-order valence-electron chi connectivity index (χ3n) is 3.91. The van der Waals surface area contributed by atoms with Crippen LogP contribution in [0.4, 0.5) is 0 Å². The molecule has 3 heteroatoms. The number of piperidine rings is 1. The van der Waals surface area contributed by atoms with Crippen molar-refractivity contribution in [3.8, 4) is 0 Å². The van der Waals surface area contributed by atoms with Gasteiger partial charge in [0.25, 0.3) is 0 Å². The first-order valence-electron chi connectivity index (χ1n) is 6.11.